The Kier molecular flexibility index (Phi) is 4.34. The van der Waals surface area contributed by atoms with Crippen LogP contribution in [-0.2, 0) is 4.74 Å². The number of amides is 1. The second-order valence-electron chi connectivity index (χ2n) is 4.54. The molecule has 1 saturated heterocycles. The van der Waals surface area contributed by atoms with Gasteiger partial charge in [0.15, 0.2) is 11.5 Å². The summed E-state index contributed by atoms with van der Waals surface area (Å²) in [5, 5.41) is 0. The third kappa shape index (κ3) is 2.51. The van der Waals surface area contributed by atoms with E-state index in [1.165, 1.54) is 21.3 Å². The summed E-state index contributed by atoms with van der Waals surface area (Å²) in [5.74, 6) is 1.28. The zero-order valence-electron chi connectivity index (χ0n) is 12.1. The van der Waals surface area contributed by atoms with Crippen LogP contribution in [0.1, 0.15) is 17.3 Å². The summed E-state index contributed by atoms with van der Waals surface area (Å²) >= 11 is 0. The van der Waals surface area contributed by atoms with E-state index in [0.717, 1.165) is 0 Å². The highest BCUT2D eigenvalue weighted by Gasteiger charge is 2.28. The predicted molar refractivity (Wildman–Crippen MR) is 72.5 cm³/mol. The fourth-order valence-electron chi connectivity index (χ4n) is 2.17. The van der Waals surface area contributed by atoms with Crippen molar-refractivity contribution in [3.8, 4) is 17.2 Å². The van der Waals surface area contributed by atoms with Crippen LogP contribution in [0, 0.1) is 0 Å². The molecule has 6 heteroatoms. The molecule has 1 fully saturated rings. The Hall–Kier alpha value is -1.95. The molecule has 1 atom stereocenters. The molecular formula is C14H19NO5. The van der Waals surface area contributed by atoms with Crippen molar-refractivity contribution in [1.29, 1.82) is 0 Å². The summed E-state index contributed by atoms with van der Waals surface area (Å²) in [6, 6.07) is 3.35. The van der Waals surface area contributed by atoms with E-state index in [4.69, 9.17) is 18.9 Å². The number of hydrogen-bond donors (Lipinski definition) is 0. The largest absolute Gasteiger partial charge is 0.493 e. The van der Waals surface area contributed by atoms with Crippen molar-refractivity contribution < 1.29 is 23.7 Å². The SMILES string of the molecule is COc1cc(C(=O)N2COCC2C)cc(OC)c1OC. The molecule has 0 aliphatic carbocycles. The summed E-state index contributed by atoms with van der Waals surface area (Å²) in [4.78, 5) is 14.2. The lowest BCUT2D eigenvalue weighted by Gasteiger charge is -2.20. The Morgan fingerprint density at radius 1 is 1.20 bits per heavy atom. The summed E-state index contributed by atoms with van der Waals surface area (Å²) in [6.07, 6.45) is 0. The second-order valence-corrected chi connectivity index (χ2v) is 4.54. The van der Waals surface area contributed by atoms with Gasteiger partial charge in [0.1, 0.15) is 6.73 Å². The first-order chi connectivity index (χ1) is 9.62. The first kappa shape index (κ1) is 14.5. The average Bonchev–Trinajstić information content (AvgIpc) is 2.90. The highest BCUT2D eigenvalue weighted by atomic mass is 16.5. The van der Waals surface area contributed by atoms with Crippen LogP contribution < -0.4 is 14.2 Å². The van der Waals surface area contributed by atoms with Gasteiger partial charge in [0.05, 0.1) is 34.0 Å². The van der Waals surface area contributed by atoms with Crippen molar-refractivity contribution in [2.45, 2.75) is 13.0 Å². The Balaban J connectivity index is 2.39. The van der Waals surface area contributed by atoms with Crippen LogP contribution in [0.2, 0.25) is 0 Å². The van der Waals surface area contributed by atoms with Gasteiger partial charge in [0, 0.05) is 5.56 Å². The summed E-state index contributed by atoms with van der Waals surface area (Å²) in [7, 11) is 4.57. The predicted octanol–water partition coefficient (Wildman–Crippen LogP) is 1.53. The van der Waals surface area contributed by atoms with Crippen LogP contribution in [0.5, 0.6) is 17.2 Å². The topological polar surface area (TPSA) is 57.2 Å². The van der Waals surface area contributed by atoms with E-state index in [2.05, 4.69) is 0 Å². The summed E-state index contributed by atoms with van der Waals surface area (Å²) in [5.41, 5.74) is 0.483. The van der Waals surface area contributed by atoms with Gasteiger partial charge >= 0.3 is 0 Å². The lowest BCUT2D eigenvalue weighted by molar-refractivity contribution is 0.0665. The minimum absolute atomic E-state index is 0.0570. The van der Waals surface area contributed by atoms with E-state index in [1.54, 1.807) is 17.0 Å². The van der Waals surface area contributed by atoms with Gasteiger partial charge in [-0.2, -0.15) is 0 Å². The maximum Gasteiger partial charge on any atom is 0.256 e. The molecule has 1 amide bonds. The number of hydrogen-bond acceptors (Lipinski definition) is 5. The molecule has 0 saturated carbocycles. The molecule has 20 heavy (non-hydrogen) atoms. The molecule has 1 heterocycles. The minimum Gasteiger partial charge on any atom is -0.493 e. The highest BCUT2D eigenvalue weighted by molar-refractivity contribution is 5.96. The normalized spacial score (nSPS) is 18.0. The maximum absolute atomic E-state index is 12.5. The number of ether oxygens (including phenoxy) is 4. The van der Waals surface area contributed by atoms with Crippen molar-refractivity contribution in [3.05, 3.63) is 17.7 Å². The third-order valence-corrected chi connectivity index (χ3v) is 3.29. The van der Waals surface area contributed by atoms with Crippen LogP contribution in [-0.4, -0.2) is 51.5 Å². The van der Waals surface area contributed by atoms with Crippen molar-refractivity contribution in [2.75, 3.05) is 34.7 Å². The molecule has 0 N–H and O–H groups in total. The Bertz CT molecular complexity index is 477. The van der Waals surface area contributed by atoms with Gasteiger partial charge in [-0.05, 0) is 19.1 Å². The van der Waals surface area contributed by atoms with Gasteiger partial charge < -0.3 is 23.8 Å². The van der Waals surface area contributed by atoms with Gasteiger partial charge in [0.25, 0.3) is 5.91 Å². The van der Waals surface area contributed by atoms with Crippen LogP contribution in [0.4, 0.5) is 0 Å². The van der Waals surface area contributed by atoms with E-state index >= 15 is 0 Å². The Morgan fingerprint density at radius 3 is 2.20 bits per heavy atom. The number of carbonyl (C=O) groups excluding carboxylic acids is 1. The fourth-order valence-corrected chi connectivity index (χ4v) is 2.17. The molecule has 2 rings (SSSR count). The van der Waals surface area contributed by atoms with Gasteiger partial charge in [-0.1, -0.05) is 0 Å². The molecular weight excluding hydrogens is 262 g/mol. The van der Waals surface area contributed by atoms with Crippen LogP contribution >= 0.6 is 0 Å². The van der Waals surface area contributed by atoms with E-state index in [9.17, 15) is 4.79 Å². The van der Waals surface area contributed by atoms with Crippen molar-refractivity contribution in [1.82, 2.24) is 4.90 Å². The maximum atomic E-state index is 12.5. The van der Waals surface area contributed by atoms with E-state index in [-0.39, 0.29) is 11.9 Å². The van der Waals surface area contributed by atoms with Crippen molar-refractivity contribution in [2.24, 2.45) is 0 Å². The molecule has 1 aromatic rings. The molecule has 0 radical (unpaired) electrons. The fraction of sp³-hybridized carbons (Fsp3) is 0.500. The first-order valence-corrected chi connectivity index (χ1v) is 6.31. The number of benzene rings is 1. The molecule has 110 valence electrons. The number of methoxy groups -OCH3 is 3. The molecule has 1 aromatic carbocycles. The van der Waals surface area contributed by atoms with Gasteiger partial charge in [-0.15, -0.1) is 0 Å². The van der Waals surface area contributed by atoms with Crippen LogP contribution in [0.25, 0.3) is 0 Å². The van der Waals surface area contributed by atoms with Crippen LogP contribution in [0.3, 0.4) is 0 Å². The smallest absolute Gasteiger partial charge is 0.256 e. The monoisotopic (exact) mass is 281 g/mol. The van der Waals surface area contributed by atoms with Gasteiger partial charge in [-0.3, -0.25) is 4.79 Å². The zero-order valence-corrected chi connectivity index (χ0v) is 12.1. The van der Waals surface area contributed by atoms with E-state index in [0.29, 0.717) is 36.1 Å². The highest BCUT2D eigenvalue weighted by Crippen LogP contribution is 2.38. The summed E-state index contributed by atoms with van der Waals surface area (Å²) in [6.45, 7) is 2.80. The first-order valence-electron chi connectivity index (χ1n) is 6.31. The summed E-state index contributed by atoms with van der Waals surface area (Å²) < 4.78 is 21.0. The lowest BCUT2D eigenvalue weighted by Crippen LogP contribution is -2.34. The van der Waals surface area contributed by atoms with E-state index in [1.807, 2.05) is 6.92 Å². The quantitative estimate of drug-likeness (QED) is 0.837. The van der Waals surface area contributed by atoms with E-state index < -0.39 is 0 Å². The van der Waals surface area contributed by atoms with Crippen LogP contribution in [0.15, 0.2) is 12.1 Å². The molecule has 1 unspecified atom stereocenters. The molecule has 0 aromatic heterocycles. The molecule has 0 spiro atoms. The number of carbonyl (C=O) groups is 1. The van der Waals surface area contributed by atoms with Crippen molar-refractivity contribution in [3.63, 3.8) is 0 Å². The standard InChI is InChI=1S/C14H19NO5/c1-9-7-20-8-15(9)14(16)10-5-11(17-2)13(19-4)12(6-10)18-3/h5-6,9H,7-8H2,1-4H3. The molecule has 1 aliphatic rings. The second kappa shape index (κ2) is 6.00. The molecule has 6 nitrogen and oxygen atoms in total. The van der Waals surface area contributed by atoms with Gasteiger partial charge in [0.2, 0.25) is 5.75 Å². The molecule has 1 aliphatic heterocycles. The van der Waals surface area contributed by atoms with Gasteiger partial charge in [-0.25, -0.2) is 0 Å². The molecule has 0 bridgehead atoms. The number of rotatable bonds is 4. The Labute approximate surface area is 118 Å². The Morgan fingerprint density at radius 2 is 1.80 bits per heavy atom. The average molecular weight is 281 g/mol. The zero-order chi connectivity index (χ0) is 14.7. The lowest BCUT2D eigenvalue weighted by atomic mass is 10.1. The minimum atomic E-state index is -0.116. The van der Waals surface area contributed by atoms with Crippen molar-refractivity contribution >= 4 is 5.91 Å². The number of nitrogens with zero attached hydrogens (tertiary/aromatic N) is 1. The third-order valence-electron chi connectivity index (χ3n) is 3.29.